The van der Waals surface area contributed by atoms with E-state index in [4.69, 9.17) is 4.74 Å². The molecule has 192 valence electrons. The fourth-order valence-corrected chi connectivity index (χ4v) is 5.01. The molecule has 0 fully saturated rings. The average molecular weight is 528 g/mol. The Balaban J connectivity index is 1.26. The summed E-state index contributed by atoms with van der Waals surface area (Å²) in [5, 5.41) is 12.1. The molecule has 5 rings (SSSR count). The molecule has 0 unspecified atom stereocenters. The highest BCUT2D eigenvalue weighted by molar-refractivity contribution is 7.99. The summed E-state index contributed by atoms with van der Waals surface area (Å²) in [6, 6.07) is 21.1. The van der Waals surface area contributed by atoms with Crippen LogP contribution in [0.2, 0.25) is 0 Å². The quantitative estimate of drug-likeness (QED) is 0.244. The van der Waals surface area contributed by atoms with E-state index in [0.29, 0.717) is 46.6 Å². The lowest BCUT2D eigenvalue weighted by Gasteiger charge is -2.14. The van der Waals surface area contributed by atoms with Gasteiger partial charge in [-0.3, -0.25) is 14.4 Å². The molecule has 1 aliphatic heterocycles. The van der Waals surface area contributed by atoms with Crippen molar-refractivity contribution in [3.05, 3.63) is 83.9 Å². The van der Waals surface area contributed by atoms with Gasteiger partial charge in [0.05, 0.1) is 29.2 Å². The Hall–Kier alpha value is -4.44. The number of anilines is 2. The van der Waals surface area contributed by atoms with Crippen LogP contribution in [-0.4, -0.2) is 44.8 Å². The van der Waals surface area contributed by atoms with Gasteiger partial charge in [0.1, 0.15) is 5.75 Å². The number of imide groups is 1. The molecule has 1 aliphatic rings. The molecule has 0 radical (unpaired) electrons. The van der Waals surface area contributed by atoms with Gasteiger partial charge < -0.3 is 14.6 Å². The fraction of sp³-hybridized carbons (Fsp3) is 0.179. The molecule has 1 N–H and O–H groups in total. The van der Waals surface area contributed by atoms with E-state index >= 15 is 0 Å². The van der Waals surface area contributed by atoms with Crippen molar-refractivity contribution >= 4 is 40.9 Å². The maximum absolute atomic E-state index is 12.8. The van der Waals surface area contributed by atoms with E-state index in [1.165, 1.54) is 16.7 Å². The van der Waals surface area contributed by atoms with Crippen molar-refractivity contribution in [2.24, 2.45) is 0 Å². The molecule has 9 nitrogen and oxygen atoms in total. The van der Waals surface area contributed by atoms with Gasteiger partial charge in [0.15, 0.2) is 11.0 Å². The molecule has 0 saturated carbocycles. The first kappa shape index (κ1) is 25.2. The average Bonchev–Trinajstić information content (AvgIpc) is 3.47. The van der Waals surface area contributed by atoms with Crippen LogP contribution >= 0.6 is 11.8 Å². The van der Waals surface area contributed by atoms with Crippen molar-refractivity contribution in [3.63, 3.8) is 0 Å². The molecule has 0 spiro atoms. The molecule has 2 heterocycles. The van der Waals surface area contributed by atoms with E-state index in [-0.39, 0.29) is 23.5 Å². The van der Waals surface area contributed by atoms with E-state index < -0.39 is 0 Å². The molecule has 1 aromatic heterocycles. The third-order valence-corrected chi connectivity index (χ3v) is 6.96. The largest absolute Gasteiger partial charge is 0.494 e. The monoisotopic (exact) mass is 527 g/mol. The number of carbonyl (C=O) groups is 3. The minimum Gasteiger partial charge on any atom is -0.494 e. The van der Waals surface area contributed by atoms with Crippen LogP contribution in [0.15, 0.2) is 78.0 Å². The highest BCUT2D eigenvalue weighted by Crippen LogP contribution is 2.31. The second-order valence-electron chi connectivity index (χ2n) is 8.38. The molecular formula is C28H25N5O4S. The van der Waals surface area contributed by atoms with Gasteiger partial charge >= 0.3 is 0 Å². The first-order valence-electron chi connectivity index (χ1n) is 12.2. The van der Waals surface area contributed by atoms with Gasteiger partial charge in [-0.2, -0.15) is 0 Å². The van der Waals surface area contributed by atoms with Crippen molar-refractivity contribution in [1.82, 2.24) is 14.8 Å². The zero-order valence-electron chi connectivity index (χ0n) is 20.9. The van der Waals surface area contributed by atoms with E-state index in [1.807, 2.05) is 42.7 Å². The van der Waals surface area contributed by atoms with Crippen molar-refractivity contribution in [3.8, 4) is 17.1 Å². The second-order valence-corrected chi connectivity index (χ2v) is 9.33. The summed E-state index contributed by atoms with van der Waals surface area (Å²) >= 11 is 1.30. The summed E-state index contributed by atoms with van der Waals surface area (Å²) in [5.74, 6) is 0.728. The summed E-state index contributed by atoms with van der Waals surface area (Å²) in [7, 11) is 0. The van der Waals surface area contributed by atoms with Gasteiger partial charge in [0.25, 0.3) is 11.8 Å². The summed E-state index contributed by atoms with van der Waals surface area (Å²) < 4.78 is 7.35. The number of aromatic nitrogens is 3. The topological polar surface area (TPSA) is 106 Å². The normalized spacial score (nSPS) is 12.5. The summed E-state index contributed by atoms with van der Waals surface area (Å²) in [4.78, 5) is 39.2. The predicted molar refractivity (Wildman–Crippen MR) is 146 cm³/mol. The number of nitrogens with zero attached hydrogens (tertiary/aromatic N) is 4. The van der Waals surface area contributed by atoms with Crippen LogP contribution in [0.4, 0.5) is 11.4 Å². The van der Waals surface area contributed by atoms with E-state index in [1.54, 1.807) is 48.5 Å². The number of amides is 3. The van der Waals surface area contributed by atoms with Crippen molar-refractivity contribution < 1.29 is 19.1 Å². The molecule has 0 bridgehead atoms. The fourth-order valence-electron chi connectivity index (χ4n) is 4.21. The summed E-state index contributed by atoms with van der Waals surface area (Å²) in [6.07, 6.45) is 0. The molecule has 10 heteroatoms. The third-order valence-electron chi connectivity index (χ3n) is 5.99. The number of rotatable bonds is 9. The lowest BCUT2D eigenvalue weighted by Crippen LogP contribution is -2.29. The number of fused-ring (bicyclic) bond motifs is 1. The Morgan fingerprint density at radius 2 is 1.55 bits per heavy atom. The minimum absolute atomic E-state index is 0.156. The smallest absolute Gasteiger partial charge is 0.266 e. The maximum Gasteiger partial charge on any atom is 0.266 e. The Kier molecular flexibility index (Phi) is 7.23. The number of hydrogen-bond donors (Lipinski definition) is 1. The Bertz CT molecular complexity index is 1460. The number of benzene rings is 3. The standard InChI is InChI=1S/C28H25N5O4S/c1-3-32-25(30-31-28(32)38-17-24(34)29-19-11-15-21(16-12-19)37-4-2)18-9-13-20(14-10-18)33-26(35)22-7-5-6-8-23(22)27(33)36/h5-16H,3-4,17H2,1-2H3,(H,29,34). The van der Waals surface area contributed by atoms with Gasteiger partial charge in [0, 0.05) is 17.8 Å². The Morgan fingerprint density at radius 3 is 2.16 bits per heavy atom. The van der Waals surface area contributed by atoms with Crippen molar-refractivity contribution in [2.75, 3.05) is 22.6 Å². The van der Waals surface area contributed by atoms with Gasteiger partial charge in [-0.05, 0) is 74.5 Å². The number of ether oxygens (including phenoxy) is 1. The Morgan fingerprint density at radius 1 is 0.895 bits per heavy atom. The highest BCUT2D eigenvalue weighted by Gasteiger charge is 2.36. The van der Waals surface area contributed by atoms with E-state index in [9.17, 15) is 14.4 Å². The minimum atomic E-state index is -0.336. The summed E-state index contributed by atoms with van der Waals surface area (Å²) in [6.45, 7) is 5.08. The second kappa shape index (κ2) is 10.9. The molecule has 3 amide bonds. The molecule has 38 heavy (non-hydrogen) atoms. The molecule has 0 atom stereocenters. The highest BCUT2D eigenvalue weighted by atomic mass is 32.2. The van der Waals surface area contributed by atoms with Crippen molar-refractivity contribution in [2.45, 2.75) is 25.5 Å². The summed E-state index contributed by atoms with van der Waals surface area (Å²) in [5.41, 5.74) is 2.77. The van der Waals surface area contributed by atoms with Crippen LogP contribution in [-0.2, 0) is 11.3 Å². The van der Waals surface area contributed by atoms with Crippen LogP contribution in [0.3, 0.4) is 0 Å². The number of thioether (sulfide) groups is 1. The Labute approximate surface area is 223 Å². The van der Waals surface area contributed by atoms with Crippen molar-refractivity contribution in [1.29, 1.82) is 0 Å². The van der Waals surface area contributed by atoms with Gasteiger partial charge in [-0.15, -0.1) is 10.2 Å². The van der Waals surface area contributed by atoms with Crippen LogP contribution in [0.25, 0.3) is 11.4 Å². The van der Waals surface area contributed by atoms with Gasteiger partial charge in [-0.1, -0.05) is 23.9 Å². The van der Waals surface area contributed by atoms with Gasteiger partial charge in [0.2, 0.25) is 5.91 Å². The van der Waals surface area contributed by atoms with Crippen LogP contribution in [0, 0.1) is 0 Å². The lowest BCUT2D eigenvalue weighted by molar-refractivity contribution is -0.113. The van der Waals surface area contributed by atoms with Crippen LogP contribution in [0.5, 0.6) is 5.75 Å². The first-order chi connectivity index (χ1) is 18.5. The number of nitrogens with one attached hydrogen (secondary N) is 1. The zero-order valence-corrected chi connectivity index (χ0v) is 21.7. The predicted octanol–water partition coefficient (Wildman–Crippen LogP) is 4.90. The molecule has 4 aromatic rings. The molecule has 0 saturated heterocycles. The zero-order chi connectivity index (χ0) is 26.6. The number of carbonyl (C=O) groups excluding carboxylic acids is 3. The first-order valence-corrected chi connectivity index (χ1v) is 13.2. The van der Waals surface area contributed by atoms with Crippen LogP contribution in [0.1, 0.15) is 34.6 Å². The van der Waals surface area contributed by atoms with Gasteiger partial charge in [-0.25, -0.2) is 4.90 Å². The number of hydrogen-bond acceptors (Lipinski definition) is 7. The van der Waals surface area contributed by atoms with E-state index in [2.05, 4.69) is 15.5 Å². The third kappa shape index (κ3) is 4.90. The molecule has 0 aliphatic carbocycles. The SMILES string of the molecule is CCOc1ccc(NC(=O)CSc2nnc(-c3ccc(N4C(=O)c5ccccc5C4=O)cc3)n2CC)cc1. The lowest BCUT2D eigenvalue weighted by atomic mass is 10.1. The molecule has 3 aromatic carbocycles. The van der Waals surface area contributed by atoms with E-state index in [0.717, 1.165) is 11.3 Å². The molecular weight excluding hydrogens is 502 g/mol. The maximum atomic E-state index is 12.8. The van der Waals surface area contributed by atoms with Crippen LogP contribution < -0.4 is 15.0 Å².